The molecule has 0 unspecified atom stereocenters. The normalized spacial score (nSPS) is 14.2. The third-order valence-corrected chi connectivity index (χ3v) is 7.65. The summed E-state index contributed by atoms with van der Waals surface area (Å²) in [6, 6.07) is 17.6. The number of hydrogen-bond donors (Lipinski definition) is 2. The largest absolute Gasteiger partial charge is 0.361 e. The maximum Gasteiger partial charge on any atom is 0.324 e. The molecule has 1 aliphatic rings. The standard InChI is InChI=1S/C32H38N6O3/c1-21-10-12-25(13-11-21)38-29(19-28(36-38)32(3,4)5)35-31(40)34-27-9-7-6-8-24(27)18-23-14-16-37(17-15-23)30(39)26-20-33-41-22(26)2/h6-13,19-20,23H,14-18H2,1-5H3,(H2,34,35,40). The number of nitrogens with zero attached hydrogens (tertiary/aromatic N) is 4. The number of para-hydroxylation sites is 1. The molecule has 9 nitrogen and oxygen atoms in total. The third-order valence-electron chi connectivity index (χ3n) is 7.65. The molecule has 0 aliphatic carbocycles. The molecule has 0 atom stereocenters. The number of aromatic nitrogens is 3. The molecule has 2 aromatic carbocycles. The second kappa shape index (κ2) is 11.6. The highest BCUT2D eigenvalue weighted by atomic mass is 16.5. The van der Waals surface area contributed by atoms with Crippen LogP contribution in [0, 0.1) is 19.8 Å². The fourth-order valence-corrected chi connectivity index (χ4v) is 5.14. The van der Waals surface area contributed by atoms with Gasteiger partial charge in [-0.2, -0.15) is 5.10 Å². The van der Waals surface area contributed by atoms with E-state index in [1.807, 2.05) is 60.4 Å². The Morgan fingerprint density at radius 1 is 1.00 bits per heavy atom. The second-order valence-electron chi connectivity index (χ2n) is 11.9. The molecule has 5 rings (SSSR count). The summed E-state index contributed by atoms with van der Waals surface area (Å²) >= 11 is 0. The Labute approximate surface area is 240 Å². The van der Waals surface area contributed by atoms with Crippen LogP contribution < -0.4 is 10.6 Å². The van der Waals surface area contributed by atoms with Gasteiger partial charge in [0.05, 0.1) is 17.6 Å². The molecule has 41 heavy (non-hydrogen) atoms. The van der Waals surface area contributed by atoms with Gasteiger partial charge < -0.3 is 14.7 Å². The highest BCUT2D eigenvalue weighted by molar-refractivity contribution is 6.00. The number of carbonyl (C=O) groups excluding carboxylic acids is 2. The maximum atomic E-state index is 13.3. The van der Waals surface area contributed by atoms with Gasteiger partial charge in [0.1, 0.15) is 17.1 Å². The average molecular weight is 555 g/mol. The van der Waals surface area contributed by atoms with Crippen LogP contribution in [-0.2, 0) is 11.8 Å². The lowest BCUT2D eigenvalue weighted by Crippen LogP contribution is -2.39. The number of nitrogens with one attached hydrogen (secondary N) is 2. The SMILES string of the molecule is Cc1ccc(-n2nc(C(C)(C)C)cc2NC(=O)Nc2ccccc2CC2CCN(C(=O)c3cnoc3C)CC2)cc1. The summed E-state index contributed by atoms with van der Waals surface area (Å²) in [4.78, 5) is 28.0. The first-order valence-corrected chi connectivity index (χ1v) is 14.1. The van der Waals surface area contributed by atoms with Crippen molar-refractivity contribution in [2.45, 2.75) is 59.3 Å². The Balaban J connectivity index is 1.25. The number of likely N-dealkylation sites (tertiary alicyclic amines) is 1. The molecule has 1 aliphatic heterocycles. The van der Waals surface area contributed by atoms with E-state index >= 15 is 0 Å². The van der Waals surface area contributed by atoms with Crippen molar-refractivity contribution in [1.29, 1.82) is 0 Å². The molecular formula is C32H38N6O3. The van der Waals surface area contributed by atoms with Gasteiger partial charge in [-0.25, -0.2) is 9.48 Å². The van der Waals surface area contributed by atoms with E-state index in [0.717, 1.165) is 47.5 Å². The van der Waals surface area contributed by atoms with Crippen molar-refractivity contribution >= 4 is 23.4 Å². The van der Waals surface area contributed by atoms with Crippen LogP contribution in [0.2, 0.25) is 0 Å². The van der Waals surface area contributed by atoms with Gasteiger partial charge in [-0.05, 0) is 62.8 Å². The molecule has 4 aromatic rings. The minimum atomic E-state index is -0.323. The summed E-state index contributed by atoms with van der Waals surface area (Å²) in [6.45, 7) is 11.5. The fraction of sp³-hybridized carbons (Fsp3) is 0.375. The van der Waals surface area contributed by atoms with E-state index in [0.29, 0.717) is 36.1 Å². The van der Waals surface area contributed by atoms with Crippen molar-refractivity contribution in [3.63, 3.8) is 0 Å². The van der Waals surface area contributed by atoms with Crippen LogP contribution >= 0.6 is 0 Å². The summed E-state index contributed by atoms with van der Waals surface area (Å²) < 4.78 is 6.85. The second-order valence-corrected chi connectivity index (χ2v) is 11.9. The first kappa shape index (κ1) is 28.1. The third kappa shape index (κ3) is 6.51. The Hall–Kier alpha value is -4.40. The molecule has 9 heteroatoms. The zero-order chi connectivity index (χ0) is 29.1. The minimum absolute atomic E-state index is 0.0274. The Bertz CT molecular complexity index is 1520. The van der Waals surface area contributed by atoms with Crippen LogP contribution in [0.15, 0.2) is 65.3 Å². The monoisotopic (exact) mass is 554 g/mol. The van der Waals surface area contributed by atoms with Crippen molar-refractivity contribution < 1.29 is 14.1 Å². The first-order valence-electron chi connectivity index (χ1n) is 14.1. The van der Waals surface area contributed by atoms with Gasteiger partial charge in [0.25, 0.3) is 5.91 Å². The Morgan fingerprint density at radius 3 is 2.37 bits per heavy atom. The highest BCUT2D eigenvalue weighted by Crippen LogP contribution is 2.29. The van der Waals surface area contributed by atoms with E-state index in [4.69, 9.17) is 9.62 Å². The van der Waals surface area contributed by atoms with E-state index in [2.05, 4.69) is 42.6 Å². The minimum Gasteiger partial charge on any atom is -0.361 e. The van der Waals surface area contributed by atoms with E-state index in [1.54, 1.807) is 11.6 Å². The van der Waals surface area contributed by atoms with Crippen LogP contribution in [0.4, 0.5) is 16.3 Å². The molecule has 1 fully saturated rings. The van der Waals surface area contributed by atoms with E-state index in [1.165, 1.54) is 6.20 Å². The first-order chi connectivity index (χ1) is 19.6. The Kier molecular flexibility index (Phi) is 7.97. The van der Waals surface area contributed by atoms with Gasteiger partial charge in [-0.1, -0.05) is 61.8 Å². The zero-order valence-corrected chi connectivity index (χ0v) is 24.4. The predicted molar refractivity (Wildman–Crippen MR) is 160 cm³/mol. The van der Waals surface area contributed by atoms with Crippen molar-refractivity contribution in [1.82, 2.24) is 19.8 Å². The summed E-state index contributed by atoms with van der Waals surface area (Å²) in [5.41, 5.74) is 5.13. The quantitative estimate of drug-likeness (QED) is 0.283. The molecular weight excluding hydrogens is 516 g/mol. The number of aryl methyl sites for hydroxylation is 2. The lowest BCUT2D eigenvalue weighted by Gasteiger charge is -2.32. The van der Waals surface area contributed by atoms with Crippen LogP contribution in [0.3, 0.4) is 0 Å². The molecule has 214 valence electrons. The van der Waals surface area contributed by atoms with Crippen molar-refractivity contribution in [3.05, 3.63) is 88.9 Å². The zero-order valence-electron chi connectivity index (χ0n) is 24.4. The summed E-state index contributed by atoms with van der Waals surface area (Å²) in [7, 11) is 0. The molecule has 3 heterocycles. The van der Waals surface area contributed by atoms with Gasteiger partial charge >= 0.3 is 6.03 Å². The lowest BCUT2D eigenvalue weighted by molar-refractivity contribution is 0.0688. The predicted octanol–water partition coefficient (Wildman–Crippen LogP) is 6.51. The topological polar surface area (TPSA) is 105 Å². The number of hydrogen-bond acceptors (Lipinski definition) is 5. The molecule has 1 saturated heterocycles. The highest BCUT2D eigenvalue weighted by Gasteiger charge is 2.27. The fourth-order valence-electron chi connectivity index (χ4n) is 5.14. The van der Waals surface area contributed by atoms with Crippen LogP contribution in [0.5, 0.6) is 0 Å². The smallest absolute Gasteiger partial charge is 0.324 e. The number of carbonyl (C=O) groups is 2. The van der Waals surface area contributed by atoms with Crippen LogP contribution in [0.25, 0.3) is 5.69 Å². The molecule has 2 N–H and O–H groups in total. The molecule has 0 radical (unpaired) electrons. The van der Waals surface area contributed by atoms with Gasteiger partial charge in [0, 0.05) is 30.3 Å². The average Bonchev–Trinajstić information content (AvgIpc) is 3.56. The molecule has 0 spiro atoms. The number of anilines is 2. The van der Waals surface area contributed by atoms with Crippen molar-refractivity contribution in [2.75, 3.05) is 23.7 Å². The summed E-state index contributed by atoms with van der Waals surface area (Å²) in [5.74, 6) is 1.53. The summed E-state index contributed by atoms with van der Waals surface area (Å²) in [5, 5.41) is 14.6. The number of rotatable bonds is 6. The Morgan fingerprint density at radius 2 is 1.71 bits per heavy atom. The van der Waals surface area contributed by atoms with E-state index in [-0.39, 0.29) is 17.4 Å². The van der Waals surface area contributed by atoms with Gasteiger partial charge in [0.15, 0.2) is 0 Å². The van der Waals surface area contributed by atoms with Gasteiger partial charge in [-0.3, -0.25) is 10.1 Å². The molecule has 0 bridgehead atoms. The van der Waals surface area contributed by atoms with Crippen LogP contribution in [-0.4, -0.2) is 44.9 Å². The number of urea groups is 1. The number of benzene rings is 2. The molecule has 3 amide bonds. The van der Waals surface area contributed by atoms with Gasteiger partial charge in [0.2, 0.25) is 0 Å². The van der Waals surface area contributed by atoms with Crippen molar-refractivity contribution in [3.8, 4) is 5.69 Å². The lowest BCUT2D eigenvalue weighted by atomic mass is 9.89. The van der Waals surface area contributed by atoms with Crippen molar-refractivity contribution in [2.24, 2.45) is 5.92 Å². The molecule has 0 saturated carbocycles. The van der Waals surface area contributed by atoms with Gasteiger partial charge in [-0.15, -0.1) is 0 Å². The van der Waals surface area contributed by atoms with E-state index in [9.17, 15) is 9.59 Å². The maximum absolute atomic E-state index is 13.3. The van der Waals surface area contributed by atoms with Crippen LogP contribution in [0.1, 0.15) is 66.6 Å². The molecule has 2 aromatic heterocycles. The summed E-state index contributed by atoms with van der Waals surface area (Å²) in [6.07, 6.45) is 4.10. The number of piperidine rings is 1. The number of amides is 3. The van der Waals surface area contributed by atoms with E-state index < -0.39 is 0 Å².